The summed E-state index contributed by atoms with van der Waals surface area (Å²) in [6, 6.07) is 4.54. The predicted molar refractivity (Wildman–Crippen MR) is 82.0 cm³/mol. The van der Waals surface area contributed by atoms with E-state index in [1.807, 2.05) is 0 Å². The molecule has 116 valence electrons. The van der Waals surface area contributed by atoms with Crippen molar-refractivity contribution >= 4 is 11.7 Å². The van der Waals surface area contributed by atoms with Crippen LogP contribution in [0.15, 0.2) is 18.2 Å². The molecule has 0 bridgehead atoms. The van der Waals surface area contributed by atoms with Crippen molar-refractivity contribution in [3.05, 3.63) is 29.6 Å². The number of halogens is 1. The van der Waals surface area contributed by atoms with Crippen molar-refractivity contribution in [2.45, 2.75) is 52.0 Å². The molecule has 0 heterocycles. The molecule has 0 spiro atoms. The largest absolute Gasteiger partial charge is 0.465 e. The van der Waals surface area contributed by atoms with Gasteiger partial charge in [0.25, 0.3) is 0 Å². The van der Waals surface area contributed by atoms with Crippen molar-refractivity contribution in [1.29, 1.82) is 0 Å². The Morgan fingerprint density at radius 3 is 2.81 bits per heavy atom. The molecule has 4 heteroatoms. The van der Waals surface area contributed by atoms with E-state index in [9.17, 15) is 9.18 Å². The minimum Gasteiger partial charge on any atom is -0.465 e. The molecular weight excluding hydrogens is 269 g/mol. The van der Waals surface area contributed by atoms with E-state index in [2.05, 4.69) is 19.2 Å². The number of anilines is 1. The minimum atomic E-state index is -0.508. The molecule has 1 unspecified atom stereocenters. The van der Waals surface area contributed by atoms with Crippen molar-refractivity contribution in [3.8, 4) is 0 Å². The lowest BCUT2D eigenvalue weighted by atomic mass is 9.85. The molecule has 3 nitrogen and oxygen atoms in total. The van der Waals surface area contributed by atoms with Crippen LogP contribution in [0.4, 0.5) is 10.1 Å². The predicted octanol–water partition coefficient (Wildman–Crippen LogP) is 4.38. The zero-order chi connectivity index (χ0) is 15.5. The Morgan fingerprint density at radius 2 is 2.10 bits per heavy atom. The minimum absolute atomic E-state index is 0.265. The number of methoxy groups -OCH3 is 1. The van der Waals surface area contributed by atoms with E-state index in [0.29, 0.717) is 17.1 Å². The molecule has 1 aromatic carbocycles. The first-order valence-corrected chi connectivity index (χ1v) is 7.56. The molecule has 1 aliphatic carbocycles. The lowest BCUT2D eigenvalue weighted by molar-refractivity contribution is 0.0601. The smallest absolute Gasteiger partial charge is 0.340 e. The number of hydrogen-bond donors (Lipinski definition) is 1. The summed E-state index contributed by atoms with van der Waals surface area (Å²) in [6.45, 7) is 4.60. The lowest BCUT2D eigenvalue weighted by Crippen LogP contribution is -2.21. The fourth-order valence-electron chi connectivity index (χ4n) is 2.95. The lowest BCUT2D eigenvalue weighted by Gasteiger charge is -2.23. The quantitative estimate of drug-likeness (QED) is 0.664. The Morgan fingerprint density at radius 1 is 1.33 bits per heavy atom. The summed E-state index contributed by atoms with van der Waals surface area (Å²) in [6.07, 6.45) is 5.67. The molecule has 0 saturated heterocycles. The van der Waals surface area contributed by atoms with Crippen LogP contribution in [0.1, 0.15) is 56.3 Å². The molecule has 0 aromatic heterocycles. The second-order valence-corrected chi connectivity index (χ2v) is 6.62. The van der Waals surface area contributed by atoms with E-state index in [1.165, 1.54) is 32.1 Å². The maximum atomic E-state index is 13.4. The number of carbonyl (C=O) groups excluding carboxylic acids is 1. The highest BCUT2D eigenvalue weighted by atomic mass is 19.1. The highest BCUT2D eigenvalue weighted by Gasteiger charge is 2.25. The van der Waals surface area contributed by atoms with Crippen LogP contribution in [0.2, 0.25) is 0 Å². The van der Waals surface area contributed by atoms with E-state index in [4.69, 9.17) is 4.74 Å². The van der Waals surface area contributed by atoms with Gasteiger partial charge in [-0.3, -0.25) is 0 Å². The van der Waals surface area contributed by atoms with Crippen molar-refractivity contribution in [2.24, 2.45) is 5.41 Å². The van der Waals surface area contributed by atoms with Gasteiger partial charge in [0.2, 0.25) is 0 Å². The van der Waals surface area contributed by atoms with Crippen LogP contribution >= 0.6 is 0 Å². The summed E-state index contributed by atoms with van der Waals surface area (Å²) in [7, 11) is 1.31. The van der Waals surface area contributed by atoms with Gasteiger partial charge in [-0.05, 0) is 49.3 Å². The Bertz CT molecular complexity index is 514. The monoisotopic (exact) mass is 293 g/mol. The normalized spacial score (nSPS) is 21.4. The van der Waals surface area contributed by atoms with E-state index in [-0.39, 0.29) is 5.56 Å². The third-order valence-electron chi connectivity index (χ3n) is 4.32. The van der Waals surface area contributed by atoms with Crippen LogP contribution in [0.3, 0.4) is 0 Å². The number of nitrogens with one attached hydrogen (secondary N) is 1. The number of carbonyl (C=O) groups is 1. The molecule has 0 aliphatic heterocycles. The number of ether oxygens (including phenoxy) is 1. The van der Waals surface area contributed by atoms with Crippen molar-refractivity contribution in [1.82, 2.24) is 0 Å². The molecule has 0 amide bonds. The maximum Gasteiger partial charge on any atom is 0.340 e. The fraction of sp³-hybridized carbons (Fsp3) is 0.588. The van der Waals surface area contributed by atoms with Crippen molar-refractivity contribution in [2.75, 3.05) is 12.4 Å². The standard InChI is InChI=1S/C17H24FNO2/c1-17(2)9-4-5-13(8-10-17)19-15-7-6-12(18)11-14(15)16(20)21-3/h6-7,11,13,19H,4-5,8-10H2,1-3H3. The van der Waals surface area contributed by atoms with Crippen LogP contribution < -0.4 is 5.32 Å². The molecule has 1 N–H and O–H groups in total. The average Bonchev–Trinajstić information content (AvgIpc) is 2.61. The van der Waals surface area contributed by atoms with Crippen molar-refractivity contribution in [3.63, 3.8) is 0 Å². The third-order valence-corrected chi connectivity index (χ3v) is 4.32. The van der Waals surface area contributed by atoms with Crippen LogP contribution in [0.25, 0.3) is 0 Å². The highest BCUT2D eigenvalue weighted by Crippen LogP contribution is 2.35. The van der Waals surface area contributed by atoms with Gasteiger partial charge in [-0.2, -0.15) is 0 Å². The zero-order valence-corrected chi connectivity index (χ0v) is 13.0. The fourth-order valence-corrected chi connectivity index (χ4v) is 2.95. The summed E-state index contributed by atoms with van der Waals surface area (Å²) in [4.78, 5) is 11.8. The first-order chi connectivity index (χ1) is 9.91. The molecular formula is C17H24FNO2. The van der Waals surface area contributed by atoms with Gasteiger partial charge < -0.3 is 10.1 Å². The zero-order valence-electron chi connectivity index (χ0n) is 13.0. The molecule has 1 fully saturated rings. The van der Waals surface area contributed by atoms with Gasteiger partial charge in [0, 0.05) is 11.7 Å². The van der Waals surface area contributed by atoms with E-state index in [0.717, 1.165) is 19.3 Å². The first kappa shape index (κ1) is 15.8. The summed E-state index contributed by atoms with van der Waals surface area (Å²) in [5, 5.41) is 3.40. The highest BCUT2D eigenvalue weighted by molar-refractivity contribution is 5.95. The number of benzene rings is 1. The Balaban J connectivity index is 2.14. The average molecular weight is 293 g/mol. The summed E-state index contributed by atoms with van der Waals surface area (Å²) < 4.78 is 18.1. The maximum absolute atomic E-state index is 13.4. The van der Waals surface area contributed by atoms with Gasteiger partial charge in [0.1, 0.15) is 5.82 Å². The number of esters is 1. The van der Waals surface area contributed by atoms with Gasteiger partial charge in [0.05, 0.1) is 12.7 Å². The molecule has 1 aliphatic rings. The Labute approximate surface area is 125 Å². The van der Waals surface area contributed by atoms with Crippen molar-refractivity contribution < 1.29 is 13.9 Å². The van der Waals surface area contributed by atoms with Gasteiger partial charge >= 0.3 is 5.97 Å². The molecule has 0 radical (unpaired) electrons. The van der Waals surface area contributed by atoms with E-state index >= 15 is 0 Å². The van der Waals surface area contributed by atoms with E-state index in [1.54, 1.807) is 6.07 Å². The summed E-state index contributed by atoms with van der Waals surface area (Å²) >= 11 is 0. The molecule has 1 aromatic rings. The first-order valence-electron chi connectivity index (χ1n) is 7.56. The SMILES string of the molecule is COC(=O)c1cc(F)ccc1NC1CCCC(C)(C)CC1. The number of rotatable bonds is 3. The second-order valence-electron chi connectivity index (χ2n) is 6.62. The van der Waals surface area contributed by atoms with Gasteiger partial charge in [-0.25, -0.2) is 9.18 Å². The molecule has 1 atom stereocenters. The Hall–Kier alpha value is -1.58. The molecule has 1 saturated carbocycles. The molecule has 21 heavy (non-hydrogen) atoms. The number of hydrogen-bond acceptors (Lipinski definition) is 3. The topological polar surface area (TPSA) is 38.3 Å². The van der Waals surface area contributed by atoms with Gasteiger partial charge in [-0.15, -0.1) is 0 Å². The van der Waals surface area contributed by atoms with E-state index < -0.39 is 11.8 Å². The van der Waals surface area contributed by atoms with Gasteiger partial charge in [0.15, 0.2) is 0 Å². The van der Waals surface area contributed by atoms with Crippen LogP contribution in [-0.4, -0.2) is 19.1 Å². The van der Waals surface area contributed by atoms with Crippen LogP contribution in [-0.2, 0) is 4.74 Å². The summed E-state index contributed by atoms with van der Waals surface area (Å²) in [5.74, 6) is -0.936. The third kappa shape index (κ3) is 4.19. The second kappa shape index (κ2) is 6.46. The molecule has 2 rings (SSSR count). The van der Waals surface area contributed by atoms with Gasteiger partial charge in [-0.1, -0.05) is 20.3 Å². The van der Waals surface area contributed by atoms with Crippen LogP contribution in [0, 0.1) is 11.2 Å². The summed E-state index contributed by atoms with van der Waals surface area (Å²) in [5.41, 5.74) is 1.30. The van der Waals surface area contributed by atoms with Crippen LogP contribution in [0.5, 0.6) is 0 Å². The Kier molecular flexibility index (Phi) is 4.86.